The van der Waals surface area contributed by atoms with Crippen LogP contribution in [0.15, 0.2) is 78.9 Å². The number of amides is 2. The number of benzene rings is 3. The normalized spacial score (nSPS) is 13.8. The third kappa shape index (κ3) is 4.62. The molecule has 4 rings (SSSR count). The van der Waals surface area contributed by atoms with Crippen LogP contribution in [0.2, 0.25) is 0 Å². The van der Waals surface area contributed by atoms with Gasteiger partial charge >= 0.3 is 12.1 Å². The van der Waals surface area contributed by atoms with E-state index in [0.29, 0.717) is 5.56 Å². The number of rotatable bonds is 8. The summed E-state index contributed by atoms with van der Waals surface area (Å²) in [6.07, 6.45) is -0.790. The Kier molecular flexibility index (Phi) is 6.60. The molecule has 1 aliphatic rings. The van der Waals surface area contributed by atoms with Crippen LogP contribution in [0.1, 0.15) is 29.5 Å². The Morgan fingerprint density at radius 3 is 2.03 bits per heavy atom. The third-order valence-corrected chi connectivity index (χ3v) is 5.86. The van der Waals surface area contributed by atoms with Crippen molar-refractivity contribution in [2.45, 2.75) is 18.4 Å². The van der Waals surface area contributed by atoms with E-state index in [1.54, 1.807) is 30.3 Å². The summed E-state index contributed by atoms with van der Waals surface area (Å²) >= 11 is 0. The van der Waals surface area contributed by atoms with Crippen LogP contribution in [0.3, 0.4) is 0 Å². The number of nitrogens with one attached hydrogen (secondary N) is 2. The Morgan fingerprint density at radius 1 is 0.882 bits per heavy atom. The predicted molar refractivity (Wildman–Crippen MR) is 124 cm³/mol. The van der Waals surface area contributed by atoms with Gasteiger partial charge in [0.1, 0.15) is 12.1 Å². The van der Waals surface area contributed by atoms with E-state index in [1.165, 1.54) is 6.92 Å². The maximum atomic E-state index is 12.9. The molecule has 0 fully saturated rings. The first-order valence-corrected chi connectivity index (χ1v) is 10.7. The summed E-state index contributed by atoms with van der Waals surface area (Å²) in [6.45, 7) is 0.854. The minimum absolute atomic E-state index is 0.0852. The first kappa shape index (κ1) is 23.0. The van der Waals surface area contributed by atoms with Gasteiger partial charge in [-0.2, -0.15) is 0 Å². The molecule has 1 aliphatic carbocycles. The molecule has 3 aromatic rings. The van der Waals surface area contributed by atoms with Gasteiger partial charge in [0.2, 0.25) is 0 Å². The van der Waals surface area contributed by atoms with E-state index >= 15 is 0 Å². The highest BCUT2D eigenvalue weighted by Gasteiger charge is 2.38. The Balaban J connectivity index is 1.49. The Bertz CT molecular complexity index is 1170. The molecule has 0 aromatic heterocycles. The zero-order valence-corrected chi connectivity index (χ0v) is 18.5. The summed E-state index contributed by atoms with van der Waals surface area (Å²) in [6, 6.07) is 24.5. The molecule has 1 atom stereocenters. The van der Waals surface area contributed by atoms with Gasteiger partial charge in [-0.3, -0.25) is 9.63 Å². The third-order valence-electron chi connectivity index (χ3n) is 5.86. The highest BCUT2D eigenvalue weighted by atomic mass is 16.7. The van der Waals surface area contributed by atoms with Crippen molar-refractivity contribution in [2.75, 3.05) is 13.2 Å². The average molecular weight is 460 g/mol. The molecule has 0 spiro atoms. The molecule has 174 valence electrons. The largest absolute Gasteiger partial charge is 0.479 e. The van der Waals surface area contributed by atoms with Crippen LogP contribution in [0, 0.1) is 0 Å². The fraction of sp³-hybridized carbons (Fsp3) is 0.192. The SMILES string of the molecule is CC(NC(=O)OCC1c2ccccc2-c2ccccc21)(C(=O)NOCC(=O)O)c1ccccc1. The van der Waals surface area contributed by atoms with Crippen LogP contribution in [0.4, 0.5) is 4.79 Å². The van der Waals surface area contributed by atoms with Gasteiger partial charge < -0.3 is 15.2 Å². The number of hydrogen-bond acceptors (Lipinski definition) is 5. The number of alkyl carbamates (subject to hydrolysis) is 1. The minimum atomic E-state index is -1.57. The molecule has 0 saturated heterocycles. The first-order valence-electron chi connectivity index (χ1n) is 10.7. The zero-order valence-electron chi connectivity index (χ0n) is 18.5. The lowest BCUT2D eigenvalue weighted by molar-refractivity contribution is -0.151. The Hall–Kier alpha value is -4.17. The molecule has 0 radical (unpaired) electrons. The lowest BCUT2D eigenvalue weighted by Gasteiger charge is -2.29. The lowest BCUT2D eigenvalue weighted by Crippen LogP contribution is -2.54. The van der Waals surface area contributed by atoms with E-state index in [9.17, 15) is 14.4 Å². The highest BCUT2D eigenvalue weighted by Crippen LogP contribution is 2.44. The van der Waals surface area contributed by atoms with Gasteiger partial charge in [-0.05, 0) is 34.7 Å². The van der Waals surface area contributed by atoms with E-state index in [4.69, 9.17) is 14.7 Å². The van der Waals surface area contributed by atoms with Gasteiger partial charge in [0.25, 0.3) is 5.91 Å². The maximum Gasteiger partial charge on any atom is 0.408 e. The molecule has 0 aliphatic heterocycles. The molecule has 0 heterocycles. The van der Waals surface area contributed by atoms with Crippen LogP contribution < -0.4 is 10.8 Å². The number of aliphatic carboxylic acids is 1. The number of carboxylic acids is 1. The quantitative estimate of drug-likeness (QED) is 0.443. The fourth-order valence-corrected chi connectivity index (χ4v) is 4.14. The summed E-state index contributed by atoms with van der Waals surface area (Å²) in [5.74, 6) is -2.12. The van der Waals surface area contributed by atoms with Crippen molar-refractivity contribution in [2.24, 2.45) is 0 Å². The first-order chi connectivity index (χ1) is 16.4. The zero-order chi connectivity index (χ0) is 24.1. The van der Waals surface area contributed by atoms with Crippen molar-refractivity contribution in [3.05, 3.63) is 95.6 Å². The standard InChI is InChI=1S/C26H24N2O6/c1-26(17-9-3-2-4-10-17,24(31)28-34-16-23(29)30)27-25(32)33-15-22-20-13-7-5-11-18(20)19-12-6-8-14-21(19)22/h2-14,22H,15-16H2,1H3,(H,27,32)(H,28,31)(H,29,30). The van der Waals surface area contributed by atoms with Crippen molar-refractivity contribution < 1.29 is 29.1 Å². The van der Waals surface area contributed by atoms with Crippen molar-refractivity contribution in [3.8, 4) is 11.1 Å². The van der Waals surface area contributed by atoms with Crippen molar-refractivity contribution >= 4 is 18.0 Å². The molecule has 0 bridgehead atoms. The summed E-state index contributed by atoms with van der Waals surface area (Å²) in [4.78, 5) is 41.2. The lowest BCUT2D eigenvalue weighted by atomic mass is 9.91. The highest BCUT2D eigenvalue weighted by molar-refractivity contribution is 5.90. The van der Waals surface area contributed by atoms with E-state index in [2.05, 4.69) is 10.8 Å². The molecular weight excluding hydrogens is 436 g/mol. The molecule has 8 heteroatoms. The maximum absolute atomic E-state index is 12.9. The Labute approximate surface area is 196 Å². The number of hydrogen-bond donors (Lipinski definition) is 3. The van der Waals surface area contributed by atoms with Crippen LogP contribution in [-0.4, -0.2) is 36.3 Å². The molecule has 8 nitrogen and oxygen atoms in total. The van der Waals surface area contributed by atoms with Crippen LogP contribution >= 0.6 is 0 Å². The van der Waals surface area contributed by atoms with E-state index in [0.717, 1.165) is 22.3 Å². The second kappa shape index (κ2) is 9.76. The number of carboxylic acid groups (broad SMARTS) is 1. The molecule has 0 saturated carbocycles. The average Bonchev–Trinajstić information content (AvgIpc) is 3.16. The van der Waals surface area contributed by atoms with E-state index in [1.807, 2.05) is 48.5 Å². The minimum Gasteiger partial charge on any atom is -0.479 e. The van der Waals surface area contributed by atoms with Crippen LogP contribution in [0.5, 0.6) is 0 Å². The number of carbonyl (C=O) groups excluding carboxylic acids is 2. The molecule has 2 amide bonds. The topological polar surface area (TPSA) is 114 Å². The number of hydroxylamine groups is 1. The van der Waals surface area contributed by atoms with Gasteiger partial charge in [-0.15, -0.1) is 0 Å². The van der Waals surface area contributed by atoms with Gasteiger partial charge in [-0.1, -0.05) is 78.9 Å². The van der Waals surface area contributed by atoms with Gasteiger partial charge in [0, 0.05) is 5.92 Å². The van der Waals surface area contributed by atoms with Crippen LogP contribution in [0.25, 0.3) is 11.1 Å². The predicted octanol–water partition coefficient (Wildman–Crippen LogP) is 3.57. The number of fused-ring (bicyclic) bond motifs is 3. The number of carbonyl (C=O) groups is 3. The van der Waals surface area contributed by atoms with Crippen molar-refractivity contribution in [3.63, 3.8) is 0 Å². The monoisotopic (exact) mass is 460 g/mol. The van der Waals surface area contributed by atoms with Crippen LogP contribution in [-0.2, 0) is 24.7 Å². The molecule has 34 heavy (non-hydrogen) atoms. The summed E-state index contributed by atoms with van der Waals surface area (Å²) < 4.78 is 5.58. The molecular formula is C26H24N2O6. The molecule has 1 unspecified atom stereocenters. The second-order valence-electron chi connectivity index (χ2n) is 8.06. The van der Waals surface area contributed by atoms with Gasteiger partial charge in [-0.25, -0.2) is 15.1 Å². The van der Waals surface area contributed by atoms with Gasteiger partial charge in [0.15, 0.2) is 6.61 Å². The Morgan fingerprint density at radius 2 is 1.44 bits per heavy atom. The van der Waals surface area contributed by atoms with E-state index < -0.39 is 30.1 Å². The second-order valence-corrected chi connectivity index (χ2v) is 8.06. The summed E-state index contributed by atoms with van der Waals surface area (Å²) in [5, 5.41) is 11.4. The number of ether oxygens (including phenoxy) is 1. The fourth-order valence-electron chi connectivity index (χ4n) is 4.14. The molecule has 3 aromatic carbocycles. The summed E-state index contributed by atoms with van der Waals surface area (Å²) in [7, 11) is 0. The van der Waals surface area contributed by atoms with Crippen molar-refractivity contribution in [1.29, 1.82) is 0 Å². The summed E-state index contributed by atoms with van der Waals surface area (Å²) in [5.41, 5.74) is 5.35. The van der Waals surface area contributed by atoms with E-state index in [-0.39, 0.29) is 12.5 Å². The van der Waals surface area contributed by atoms with Gasteiger partial charge in [0.05, 0.1) is 0 Å². The van der Waals surface area contributed by atoms with Crippen molar-refractivity contribution in [1.82, 2.24) is 10.8 Å². The smallest absolute Gasteiger partial charge is 0.408 e. The molecule has 3 N–H and O–H groups in total.